The maximum absolute atomic E-state index is 12.2. The van der Waals surface area contributed by atoms with Crippen LogP contribution in [0.5, 0.6) is 0 Å². The lowest BCUT2D eigenvalue weighted by Crippen LogP contribution is -2.17. The summed E-state index contributed by atoms with van der Waals surface area (Å²) in [5.41, 5.74) is 1.21. The smallest absolute Gasteiger partial charge is 0.335 e. The van der Waals surface area contributed by atoms with Crippen LogP contribution < -0.4 is 16.0 Å². The number of fused-ring (bicyclic) bond motifs is 1. The Morgan fingerprint density at radius 1 is 0.581 bits per heavy atom. The van der Waals surface area contributed by atoms with E-state index in [2.05, 4.69) is 51.4 Å². The Kier molecular flexibility index (Phi) is 12.6. The molecule has 8 N–H and O–H groups in total. The van der Waals surface area contributed by atoms with Crippen molar-refractivity contribution in [2.45, 2.75) is 16.7 Å². The van der Waals surface area contributed by atoms with Gasteiger partial charge in [0.25, 0.3) is 30.4 Å². The predicted octanol–water partition coefficient (Wildman–Crippen LogP) is 6.84. The van der Waals surface area contributed by atoms with E-state index in [0.29, 0.717) is 22.6 Å². The Morgan fingerprint density at radius 3 is 1.71 bits per heavy atom. The van der Waals surface area contributed by atoms with E-state index in [0.717, 1.165) is 30.3 Å². The molecular formula is C36H30N10O13S3. The molecule has 6 rings (SSSR count). The monoisotopic (exact) mass is 906 g/mol. The number of aromatic carboxylic acids is 2. The van der Waals surface area contributed by atoms with Crippen LogP contribution in [0, 0.1) is 6.92 Å². The van der Waals surface area contributed by atoms with E-state index in [1.165, 1.54) is 36.4 Å². The summed E-state index contributed by atoms with van der Waals surface area (Å²) in [7, 11) is -14.0. The van der Waals surface area contributed by atoms with Gasteiger partial charge >= 0.3 is 11.9 Å². The average molecular weight is 907 g/mol. The molecule has 0 radical (unpaired) electrons. The summed E-state index contributed by atoms with van der Waals surface area (Å²) in [5.74, 6) is -3.51. The van der Waals surface area contributed by atoms with Crippen LogP contribution in [0.2, 0.25) is 0 Å². The second-order valence-electron chi connectivity index (χ2n) is 12.8. The molecule has 6 aromatic rings. The van der Waals surface area contributed by atoms with Crippen LogP contribution in [0.25, 0.3) is 10.8 Å². The van der Waals surface area contributed by atoms with Crippen molar-refractivity contribution in [2.75, 3.05) is 28.2 Å². The molecule has 1 heterocycles. The first kappa shape index (κ1) is 44.2. The molecule has 0 aliphatic carbocycles. The first-order valence-corrected chi connectivity index (χ1v) is 21.8. The minimum atomic E-state index is -4.88. The Bertz CT molecular complexity index is 3140. The van der Waals surface area contributed by atoms with Gasteiger partial charge < -0.3 is 26.2 Å². The molecule has 0 spiro atoms. The summed E-state index contributed by atoms with van der Waals surface area (Å²) in [4.78, 5) is 34.4. The summed E-state index contributed by atoms with van der Waals surface area (Å²) in [6, 6.07) is 19.9. The highest BCUT2D eigenvalue weighted by molar-refractivity contribution is 7.86. The first-order valence-electron chi connectivity index (χ1n) is 17.3. The number of azo groups is 2. The zero-order chi connectivity index (χ0) is 45.0. The van der Waals surface area contributed by atoms with Crippen LogP contribution in [-0.2, 0) is 30.4 Å². The number of rotatable bonds is 16. The minimum Gasteiger partial charge on any atom is -0.478 e. The molecule has 0 amide bonds. The number of nitrogens with one attached hydrogen (secondary N) is 3. The highest BCUT2D eigenvalue weighted by Crippen LogP contribution is 2.35. The largest absolute Gasteiger partial charge is 0.478 e. The summed E-state index contributed by atoms with van der Waals surface area (Å²) in [6.45, 7) is 1.38. The third-order valence-electron chi connectivity index (χ3n) is 8.28. The maximum atomic E-state index is 12.2. The van der Waals surface area contributed by atoms with Crippen molar-refractivity contribution >= 4 is 105 Å². The van der Waals surface area contributed by atoms with E-state index in [-0.39, 0.29) is 63.4 Å². The van der Waals surface area contributed by atoms with Gasteiger partial charge in [-0.3, -0.25) is 13.7 Å². The SMILES string of the molecule is Cc1cc(Nc2nc(NCCS(=O)(=O)O)nc(Nc3ccc(N=Nc4cc(C(=O)O)cc(C(=O)O)c4)cc3)n2)ccc1N=Nc1cc(S(=O)(=O)O)c2cccc(S(=O)(=O)O)c2c1. The normalized spacial score (nSPS) is 12.2. The number of aryl methyl sites for hydroxylation is 1. The number of hydrogen-bond donors (Lipinski definition) is 8. The lowest BCUT2D eigenvalue weighted by molar-refractivity contribution is 0.0696. The van der Waals surface area contributed by atoms with Gasteiger partial charge in [-0.1, -0.05) is 12.1 Å². The maximum Gasteiger partial charge on any atom is 0.335 e. The Morgan fingerprint density at radius 2 is 1.13 bits per heavy atom. The van der Waals surface area contributed by atoms with Crippen LogP contribution in [0.4, 0.5) is 52.0 Å². The fourth-order valence-corrected chi connectivity index (χ4v) is 7.30. The van der Waals surface area contributed by atoms with Gasteiger partial charge in [-0.15, -0.1) is 0 Å². The third kappa shape index (κ3) is 11.5. The van der Waals surface area contributed by atoms with Crippen molar-refractivity contribution < 1.29 is 58.7 Å². The molecule has 0 saturated heterocycles. The molecule has 0 aliphatic rings. The van der Waals surface area contributed by atoms with Crippen molar-refractivity contribution in [1.82, 2.24) is 15.0 Å². The minimum absolute atomic E-state index is 0.00463. The lowest BCUT2D eigenvalue weighted by Gasteiger charge is -2.12. The van der Waals surface area contributed by atoms with Crippen molar-refractivity contribution in [1.29, 1.82) is 0 Å². The van der Waals surface area contributed by atoms with Gasteiger partial charge in [0.05, 0.1) is 39.6 Å². The van der Waals surface area contributed by atoms with Gasteiger partial charge in [0.15, 0.2) is 0 Å². The molecule has 5 aromatic carbocycles. The topological polar surface area (TPSA) is 362 Å². The van der Waals surface area contributed by atoms with Gasteiger partial charge in [-0.25, -0.2) is 9.59 Å². The molecule has 0 aliphatic heterocycles. The molecule has 0 atom stereocenters. The van der Waals surface area contributed by atoms with E-state index in [1.54, 1.807) is 31.2 Å². The molecular weight excluding hydrogens is 877 g/mol. The van der Waals surface area contributed by atoms with Crippen molar-refractivity contribution in [3.05, 3.63) is 108 Å². The highest BCUT2D eigenvalue weighted by atomic mass is 32.2. The van der Waals surface area contributed by atoms with E-state index in [9.17, 15) is 58.7 Å². The van der Waals surface area contributed by atoms with Crippen molar-refractivity contribution in [3.8, 4) is 0 Å². The van der Waals surface area contributed by atoms with Gasteiger partial charge in [-0.05, 0) is 91.3 Å². The number of benzene rings is 5. The Hall–Kier alpha value is -7.36. The zero-order valence-electron chi connectivity index (χ0n) is 31.4. The number of nitrogens with zero attached hydrogens (tertiary/aromatic N) is 7. The molecule has 62 heavy (non-hydrogen) atoms. The van der Waals surface area contributed by atoms with Crippen LogP contribution in [0.3, 0.4) is 0 Å². The summed E-state index contributed by atoms with van der Waals surface area (Å²) in [6.07, 6.45) is 0. The molecule has 0 fully saturated rings. The second-order valence-corrected chi connectivity index (χ2v) is 17.2. The zero-order valence-corrected chi connectivity index (χ0v) is 33.9. The molecule has 0 unspecified atom stereocenters. The molecule has 320 valence electrons. The Balaban J connectivity index is 1.23. The number of aromatic nitrogens is 3. The second kappa shape index (κ2) is 17.7. The standard InChI is InChI=1S/C36H30N10O13S3/c1-19-13-24(9-10-29(19)46-45-26-17-28-27(31(18-26)62(57,58)59)3-2-4-30(28)61(54,55)56)39-36-41-34(37-11-12-60(51,52)53)40-35(42-36)38-22-5-7-23(8-6-22)43-44-25-15-20(32(47)48)14-21(16-25)33(49)50/h2-10,13-18H,11-12H2,1H3,(H,47,48)(H,49,50)(H,51,52,53)(H,54,55,56)(H,57,58,59)(H3,37,38,39,40,41,42). The van der Waals surface area contributed by atoms with E-state index in [4.69, 9.17) is 0 Å². The summed E-state index contributed by atoms with van der Waals surface area (Å²) in [5, 5.41) is 43.0. The Labute approximate surface area is 350 Å². The number of carboxylic acids is 2. The predicted molar refractivity (Wildman–Crippen MR) is 221 cm³/mol. The number of hydrogen-bond acceptors (Lipinski definition) is 18. The van der Waals surface area contributed by atoms with Crippen LogP contribution in [-0.4, -0.2) is 88.3 Å². The third-order valence-corrected chi connectivity index (χ3v) is 10.8. The van der Waals surface area contributed by atoms with Gasteiger partial charge in [0.2, 0.25) is 17.8 Å². The van der Waals surface area contributed by atoms with E-state index >= 15 is 0 Å². The lowest BCUT2D eigenvalue weighted by atomic mass is 10.1. The van der Waals surface area contributed by atoms with Crippen molar-refractivity contribution in [2.24, 2.45) is 20.5 Å². The number of anilines is 5. The quantitative estimate of drug-likeness (QED) is 0.0364. The van der Waals surface area contributed by atoms with Crippen LogP contribution in [0.1, 0.15) is 26.3 Å². The van der Waals surface area contributed by atoms with Gasteiger partial charge in [0, 0.05) is 28.7 Å². The molecule has 23 nitrogen and oxygen atoms in total. The molecule has 1 aromatic heterocycles. The molecule has 0 bridgehead atoms. The van der Waals surface area contributed by atoms with Crippen molar-refractivity contribution in [3.63, 3.8) is 0 Å². The van der Waals surface area contributed by atoms with Crippen LogP contribution >= 0.6 is 0 Å². The van der Waals surface area contributed by atoms with Gasteiger partial charge in [0.1, 0.15) is 9.79 Å². The van der Waals surface area contributed by atoms with E-state index < -0.39 is 57.8 Å². The summed E-state index contributed by atoms with van der Waals surface area (Å²) < 4.78 is 99.8. The van der Waals surface area contributed by atoms with Crippen LogP contribution in [0.15, 0.2) is 121 Å². The average Bonchev–Trinajstić information content (AvgIpc) is 3.18. The first-order chi connectivity index (χ1) is 29.1. The molecule has 26 heteroatoms. The highest BCUT2D eigenvalue weighted by Gasteiger charge is 2.21. The number of carbonyl (C=O) groups is 2. The number of carboxylic acid groups (broad SMARTS) is 2. The fourth-order valence-electron chi connectivity index (χ4n) is 5.52. The van der Waals surface area contributed by atoms with Gasteiger partial charge in [-0.2, -0.15) is 60.7 Å². The van der Waals surface area contributed by atoms with E-state index in [1.807, 2.05) is 0 Å². The fraction of sp³-hybridized carbons (Fsp3) is 0.0833. The summed E-state index contributed by atoms with van der Waals surface area (Å²) >= 11 is 0. The molecule has 0 saturated carbocycles.